The van der Waals surface area contributed by atoms with Crippen LogP contribution in [0.15, 0.2) is 67.2 Å². The third kappa shape index (κ3) is 5.84. The summed E-state index contributed by atoms with van der Waals surface area (Å²) in [6.07, 6.45) is 0. The first-order chi connectivity index (χ1) is 18.4. The summed E-state index contributed by atoms with van der Waals surface area (Å²) in [6.45, 7) is 3.96. The highest BCUT2D eigenvalue weighted by Crippen LogP contribution is 2.37. The first-order valence-electron chi connectivity index (χ1n) is 11.3. The van der Waals surface area contributed by atoms with Crippen molar-refractivity contribution in [2.75, 3.05) is 0 Å². The minimum atomic E-state index is -0.877. The van der Waals surface area contributed by atoms with Gasteiger partial charge in [0.25, 0.3) is 11.8 Å². The molecule has 2 N–H and O–H groups in total. The van der Waals surface area contributed by atoms with Crippen LogP contribution >= 0.6 is 23.5 Å². The third-order valence-corrected chi connectivity index (χ3v) is 7.72. The number of benzene rings is 2. The third-order valence-electron chi connectivity index (χ3n) is 5.30. The minimum Gasteiger partial charge on any atom is -0.420 e. The lowest BCUT2D eigenvalue weighted by Gasteiger charge is -2.17. The van der Waals surface area contributed by atoms with Crippen molar-refractivity contribution in [2.45, 2.75) is 25.4 Å². The highest BCUT2D eigenvalue weighted by Gasteiger charge is 2.32. The molecule has 0 radical (unpaired) electrons. The Kier molecular flexibility index (Phi) is 7.38. The monoisotopic (exact) mass is 548 g/mol. The molecule has 3 heterocycles. The molecule has 38 heavy (non-hydrogen) atoms. The zero-order valence-corrected chi connectivity index (χ0v) is 21.8. The van der Waals surface area contributed by atoms with E-state index in [1.807, 2.05) is 62.4 Å². The van der Waals surface area contributed by atoms with Gasteiger partial charge in [0.2, 0.25) is 23.6 Å². The normalized spacial score (nSPS) is 13.4. The van der Waals surface area contributed by atoms with Crippen LogP contribution in [0.3, 0.4) is 0 Å². The van der Waals surface area contributed by atoms with E-state index in [0.717, 1.165) is 45.8 Å². The van der Waals surface area contributed by atoms with Crippen LogP contribution in [0.5, 0.6) is 0 Å². The maximum atomic E-state index is 12.5. The second-order valence-corrected chi connectivity index (χ2v) is 10.4. The predicted octanol–water partition coefficient (Wildman–Crippen LogP) is 4.15. The molecular weight excluding hydrogens is 528 g/mol. The highest BCUT2D eigenvalue weighted by molar-refractivity contribution is 8.21. The van der Waals surface area contributed by atoms with Crippen molar-refractivity contribution >= 4 is 41.4 Å². The number of imide groups is 2. The molecule has 0 atom stereocenters. The summed E-state index contributed by atoms with van der Waals surface area (Å²) in [5.41, 5.74) is 3.56. The van der Waals surface area contributed by atoms with E-state index in [1.54, 1.807) is 0 Å². The van der Waals surface area contributed by atoms with Crippen LogP contribution in [0.25, 0.3) is 22.9 Å². The number of carbonyl (C=O) groups is 3. The topological polar surface area (TPSA) is 153 Å². The maximum absolute atomic E-state index is 12.5. The quantitative estimate of drug-likeness (QED) is 0.241. The van der Waals surface area contributed by atoms with Crippen LogP contribution in [0.2, 0.25) is 0 Å². The van der Waals surface area contributed by atoms with Crippen LogP contribution < -0.4 is 10.6 Å². The Labute approximate surface area is 224 Å². The molecule has 192 valence electrons. The second kappa shape index (κ2) is 11.0. The maximum Gasteiger partial charge on any atom is 0.328 e. The number of carbonyl (C=O) groups excluding carboxylic acids is 3. The van der Waals surface area contributed by atoms with Crippen LogP contribution in [0, 0.1) is 13.8 Å². The lowest BCUT2D eigenvalue weighted by Crippen LogP contribution is -2.51. The van der Waals surface area contributed by atoms with Gasteiger partial charge in [0.1, 0.15) is 5.57 Å². The molecule has 1 fully saturated rings. The highest BCUT2D eigenvalue weighted by atomic mass is 32.2. The summed E-state index contributed by atoms with van der Waals surface area (Å²) in [7, 11) is 0. The molecule has 1 aliphatic rings. The first kappa shape index (κ1) is 25.4. The molecule has 0 unspecified atom stereocenters. The fourth-order valence-electron chi connectivity index (χ4n) is 3.34. The summed E-state index contributed by atoms with van der Waals surface area (Å²) < 4.78 is 11.9. The van der Waals surface area contributed by atoms with E-state index in [0.29, 0.717) is 27.8 Å². The molecule has 2 aromatic carbocycles. The zero-order valence-electron chi connectivity index (χ0n) is 20.2. The number of amides is 4. The number of aryl methyl sites for hydroxylation is 2. The van der Waals surface area contributed by atoms with Gasteiger partial charge in [-0.15, -0.1) is 43.9 Å². The van der Waals surface area contributed by atoms with E-state index in [-0.39, 0.29) is 17.1 Å². The number of nitrogens with zero attached hydrogens (tertiary/aromatic N) is 4. The van der Waals surface area contributed by atoms with Crippen molar-refractivity contribution in [3.63, 3.8) is 0 Å². The standard InChI is InChI=1S/C25H20N6O5S2/c1-13-3-7-15(8-4-13)22-30-28-17(35-22)11-37-24(19-20(32)26-25(34)27-21(19)33)38-12-18-29-31-23(36-18)16-9-5-14(2)6-10-16/h3-10H,11-12H2,1-2H3,(H2,26,27,32,33,34). The Morgan fingerprint density at radius 2 is 1.11 bits per heavy atom. The molecule has 1 aliphatic heterocycles. The fraction of sp³-hybridized carbons (Fsp3) is 0.160. The molecule has 0 saturated carbocycles. The van der Waals surface area contributed by atoms with Gasteiger partial charge in [0.05, 0.1) is 15.7 Å². The number of hydrogen-bond donors (Lipinski definition) is 2. The Morgan fingerprint density at radius 3 is 1.53 bits per heavy atom. The number of urea groups is 1. The van der Waals surface area contributed by atoms with Crippen molar-refractivity contribution in [3.8, 4) is 22.9 Å². The summed E-state index contributed by atoms with van der Waals surface area (Å²) in [4.78, 5) is 36.6. The van der Waals surface area contributed by atoms with Crippen LogP contribution in [-0.4, -0.2) is 38.2 Å². The SMILES string of the molecule is Cc1ccc(-c2nnc(CSC(SCc3nnc(-c4ccc(C)cc4)o3)=C3C(=O)NC(=O)NC3=O)o2)cc1. The van der Waals surface area contributed by atoms with Crippen molar-refractivity contribution in [2.24, 2.45) is 0 Å². The van der Waals surface area contributed by atoms with Gasteiger partial charge < -0.3 is 8.83 Å². The smallest absolute Gasteiger partial charge is 0.328 e. The Bertz CT molecular complexity index is 1430. The van der Waals surface area contributed by atoms with Gasteiger partial charge >= 0.3 is 6.03 Å². The average molecular weight is 549 g/mol. The van der Waals surface area contributed by atoms with Crippen LogP contribution in [-0.2, 0) is 21.1 Å². The first-order valence-corrected chi connectivity index (χ1v) is 13.3. The number of barbiturate groups is 1. The molecule has 0 bridgehead atoms. The van der Waals surface area contributed by atoms with Crippen molar-refractivity contribution in [3.05, 3.63) is 81.2 Å². The molecule has 11 nitrogen and oxygen atoms in total. The van der Waals surface area contributed by atoms with Crippen molar-refractivity contribution < 1.29 is 23.2 Å². The molecule has 2 aromatic heterocycles. The van der Waals surface area contributed by atoms with E-state index in [1.165, 1.54) is 0 Å². The minimum absolute atomic E-state index is 0.178. The van der Waals surface area contributed by atoms with Crippen LogP contribution in [0.4, 0.5) is 4.79 Å². The molecule has 4 aromatic rings. The van der Waals surface area contributed by atoms with E-state index in [9.17, 15) is 14.4 Å². The van der Waals surface area contributed by atoms with E-state index in [4.69, 9.17) is 8.83 Å². The van der Waals surface area contributed by atoms with E-state index >= 15 is 0 Å². The van der Waals surface area contributed by atoms with Crippen molar-refractivity contribution in [1.29, 1.82) is 0 Å². The lowest BCUT2D eigenvalue weighted by atomic mass is 10.1. The van der Waals surface area contributed by atoms with Gasteiger partial charge in [-0.3, -0.25) is 20.2 Å². The summed E-state index contributed by atoms with van der Waals surface area (Å²) in [5, 5.41) is 20.5. The van der Waals surface area contributed by atoms with Crippen molar-refractivity contribution in [1.82, 2.24) is 31.0 Å². The molecular formula is C25H20N6O5S2. The van der Waals surface area contributed by atoms with Gasteiger partial charge in [-0.25, -0.2) is 4.79 Å². The van der Waals surface area contributed by atoms with Gasteiger partial charge in [-0.1, -0.05) is 35.4 Å². The van der Waals surface area contributed by atoms with Gasteiger partial charge in [-0.05, 0) is 38.1 Å². The molecule has 1 saturated heterocycles. The Hall–Kier alpha value is -4.23. The van der Waals surface area contributed by atoms with Gasteiger partial charge in [0, 0.05) is 11.1 Å². The van der Waals surface area contributed by atoms with E-state index in [2.05, 4.69) is 31.0 Å². The summed E-state index contributed by atoms with van der Waals surface area (Å²) in [5.74, 6) is 0.0743. The number of thioether (sulfide) groups is 2. The number of nitrogens with one attached hydrogen (secondary N) is 2. The molecule has 0 aliphatic carbocycles. The number of aromatic nitrogens is 4. The molecule has 13 heteroatoms. The Balaban J connectivity index is 1.33. The second-order valence-electron chi connectivity index (χ2n) is 8.21. The van der Waals surface area contributed by atoms with E-state index < -0.39 is 17.8 Å². The summed E-state index contributed by atoms with van der Waals surface area (Å²) in [6, 6.07) is 14.4. The lowest BCUT2D eigenvalue weighted by molar-refractivity contribution is -0.124. The van der Waals surface area contributed by atoms with Gasteiger partial charge in [-0.2, -0.15) is 0 Å². The average Bonchev–Trinajstić information content (AvgIpc) is 3.56. The van der Waals surface area contributed by atoms with Crippen LogP contribution in [0.1, 0.15) is 22.9 Å². The summed E-state index contributed by atoms with van der Waals surface area (Å²) >= 11 is 2.30. The predicted molar refractivity (Wildman–Crippen MR) is 140 cm³/mol. The largest absolute Gasteiger partial charge is 0.420 e. The molecule has 5 rings (SSSR count). The Morgan fingerprint density at radius 1 is 0.684 bits per heavy atom. The molecule has 4 amide bonds. The van der Waals surface area contributed by atoms with Gasteiger partial charge in [0.15, 0.2) is 0 Å². The molecule has 0 spiro atoms. The number of hydrogen-bond acceptors (Lipinski definition) is 11. The fourth-order valence-corrected chi connectivity index (χ4v) is 5.43. The zero-order chi connectivity index (χ0) is 26.6. The number of rotatable bonds is 8.